The number of benzene rings is 1. The zero-order valence-corrected chi connectivity index (χ0v) is 14.3. The molecule has 1 aromatic carbocycles. The number of nitrogens with one attached hydrogen (secondary N) is 2. The van der Waals surface area contributed by atoms with Crippen LogP contribution in [-0.4, -0.2) is 22.0 Å². The van der Waals surface area contributed by atoms with Gasteiger partial charge in [0.1, 0.15) is 6.54 Å². The SMILES string of the molecule is CCCC[C@H](CC)CNC(=O)Cn1c(=O)[nH]c2ccccc2c1=O. The Bertz CT molecular complexity index is 807. The molecule has 6 heteroatoms. The Morgan fingerprint density at radius 3 is 2.71 bits per heavy atom. The molecule has 6 nitrogen and oxygen atoms in total. The summed E-state index contributed by atoms with van der Waals surface area (Å²) in [6.07, 6.45) is 4.34. The number of rotatable bonds is 8. The first-order chi connectivity index (χ1) is 11.6. The molecule has 0 aliphatic rings. The number of carbonyl (C=O) groups excluding carboxylic acids is 1. The van der Waals surface area contributed by atoms with Crippen LogP contribution in [-0.2, 0) is 11.3 Å². The number of H-pyrrole nitrogens is 1. The summed E-state index contributed by atoms with van der Waals surface area (Å²) >= 11 is 0. The van der Waals surface area contributed by atoms with E-state index in [1.54, 1.807) is 24.3 Å². The van der Waals surface area contributed by atoms with Gasteiger partial charge < -0.3 is 10.3 Å². The van der Waals surface area contributed by atoms with E-state index in [1.807, 2.05) is 0 Å². The molecule has 1 atom stereocenters. The van der Waals surface area contributed by atoms with Crippen LogP contribution in [0.2, 0.25) is 0 Å². The lowest BCUT2D eigenvalue weighted by molar-refractivity contribution is -0.122. The van der Waals surface area contributed by atoms with Crippen molar-refractivity contribution in [2.24, 2.45) is 5.92 Å². The van der Waals surface area contributed by atoms with E-state index in [4.69, 9.17) is 0 Å². The Balaban J connectivity index is 2.08. The Kier molecular flexibility index (Phi) is 6.35. The number of para-hydroxylation sites is 1. The van der Waals surface area contributed by atoms with Gasteiger partial charge in [0.05, 0.1) is 10.9 Å². The molecule has 1 aromatic heterocycles. The number of fused-ring (bicyclic) bond motifs is 1. The highest BCUT2D eigenvalue weighted by molar-refractivity contribution is 5.78. The molecular weight excluding hydrogens is 306 g/mol. The second kappa shape index (κ2) is 8.47. The average Bonchev–Trinajstić information content (AvgIpc) is 2.59. The lowest BCUT2D eigenvalue weighted by Gasteiger charge is -2.15. The largest absolute Gasteiger partial charge is 0.354 e. The maximum Gasteiger partial charge on any atom is 0.329 e. The first-order valence-corrected chi connectivity index (χ1v) is 8.55. The van der Waals surface area contributed by atoms with E-state index in [1.165, 1.54) is 0 Å². The van der Waals surface area contributed by atoms with Crippen LogP contribution in [0.25, 0.3) is 10.9 Å². The Labute approximate surface area is 140 Å². The summed E-state index contributed by atoms with van der Waals surface area (Å²) in [6.45, 7) is 4.56. The maximum absolute atomic E-state index is 12.4. The number of unbranched alkanes of at least 4 members (excludes halogenated alkanes) is 1. The highest BCUT2D eigenvalue weighted by Gasteiger charge is 2.12. The summed E-state index contributed by atoms with van der Waals surface area (Å²) in [4.78, 5) is 39.2. The summed E-state index contributed by atoms with van der Waals surface area (Å²) in [6, 6.07) is 6.78. The summed E-state index contributed by atoms with van der Waals surface area (Å²) < 4.78 is 0.949. The van der Waals surface area contributed by atoms with Gasteiger partial charge in [0, 0.05) is 6.54 Å². The zero-order valence-electron chi connectivity index (χ0n) is 14.3. The number of carbonyl (C=O) groups is 1. The minimum absolute atomic E-state index is 0.261. The van der Waals surface area contributed by atoms with Crippen molar-refractivity contribution in [2.45, 2.75) is 46.1 Å². The van der Waals surface area contributed by atoms with Crippen LogP contribution in [0.1, 0.15) is 39.5 Å². The third-order valence-corrected chi connectivity index (χ3v) is 4.32. The molecule has 0 spiro atoms. The Morgan fingerprint density at radius 1 is 1.25 bits per heavy atom. The summed E-state index contributed by atoms with van der Waals surface area (Å²) in [5.41, 5.74) is -0.524. The van der Waals surface area contributed by atoms with Gasteiger partial charge in [0.15, 0.2) is 0 Å². The molecule has 0 saturated heterocycles. The van der Waals surface area contributed by atoms with E-state index < -0.39 is 11.2 Å². The van der Waals surface area contributed by atoms with Crippen molar-refractivity contribution >= 4 is 16.8 Å². The maximum atomic E-state index is 12.4. The molecule has 0 aliphatic heterocycles. The molecule has 0 saturated carbocycles. The Morgan fingerprint density at radius 2 is 2.00 bits per heavy atom. The molecule has 2 aromatic rings. The molecule has 0 bridgehead atoms. The minimum Gasteiger partial charge on any atom is -0.354 e. The van der Waals surface area contributed by atoms with E-state index in [9.17, 15) is 14.4 Å². The van der Waals surface area contributed by atoms with Gasteiger partial charge in [-0.1, -0.05) is 45.2 Å². The zero-order chi connectivity index (χ0) is 17.5. The first-order valence-electron chi connectivity index (χ1n) is 8.55. The van der Waals surface area contributed by atoms with Gasteiger partial charge in [0.25, 0.3) is 5.56 Å². The quantitative estimate of drug-likeness (QED) is 0.776. The standard InChI is InChI=1S/C18H25N3O3/c1-3-5-8-13(4-2)11-19-16(22)12-21-17(23)14-9-6-7-10-15(14)20-18(21)24/h6-7,9-10,13H,3-5,8,11-12H2,1-2H3,(H,19,22)(H,20,24)/t13-/m0/s1. The molecule has 1 heterocycles. The number of amides is 1. The number of aromatic amines is 1. The first kappa shape index (κ1) is 18.0. The summed E-state index contributed by atoms with van der Waals surface area (Å²) in [7, 11) is 0. The van der Waals surface area contributed by atoms with Crippen molar-refractivity contribution in [2.75, 3.05) is 6.54 Å². The highest BCUT2D eigenvalue weighted by atomic mass is 16.2. The monoisotopic (exact) mass is 331 g/mol. The van der Waals surface area contributed by atoms with Gasteiger partial charge in [-0.15, -0.1) is 0 Å². The molecule has 130 valence electrons. The molecule has 2 rings (SSSR count). The van der Waals surface area contributed by atoms with Crippen LogP contribution in [0.15, 0.2) is 33.9 Å². The predicted molar refractivity (Wildman–Crippen MR) is 95.1 cm³/mol. The van der Waals surface area contributed by atoms with Gasteiger partial charge in [-0.05, 0) is 24.5 Å². The minimum atomic E-state index is -0.563. The van der Waals surface area contributed by atoms with Gasteiger partial charge >= 0.3 is 5.69 Å². The molecule has 0 unspecified atom stereocenters. The van der Waals surface area contributed by atoms with Crippen LogP contribution in [0.3, 0.4) is 0 Å². The van der Waals surface area contributed by atoms with E-state index in [0.717, 1.165) is 30.3 Å². The molecule has 1 amide bonds. The van der Waals surface area contributed by atoms with Crippen LogP contribution < -0.4 is 16.6 Å². The highest BCUT2D eigenvalue weighted by Crippen LogP contribution is 2.11. The number of hydrogen-bond acceptors (Lipinski definition) is 3. The third kappa shape index (κ3) is 4.34. The van der Waals surface area contributed by atoms with Gasteiger partial charge in [-0.3, -0.25) is 14.2 Å². The second-order valence-corrected chi connectivity index (χ2v) is 6.09. The fourth-order valence-electron chi connectivity index (χ4n) is 2.74. The van der Waals surface area contributed by atoms with Crippen molar-refractivity contribution in [1.82, 2.24) is 14.9 Å². The van der Waals surface area contributed by atoms with Crippen molar-refractivity contribution in [3.05, 3.63) is 45.1 Å². The molecular formula is C18H25N3O3. The fraction of sp³-hybridized carbons (Fsp3) is 0.500. The van der Waals surface area contributed by atoms with E-state index in [0.29, 0.717) is 23.4 Å². The van der Waals surface area contributed by atoms with Crippen LogP contribution in [0.5, 0.6) is 0 Å². The van der Waals surface area contributed by atoms with Crippen LogP contribution in [0, 0.1) is 5.92 Å². The lowest BCUT2D eigenvalue weighted by Crippen LogP contribution is -2.41. The van der Waals surface area contributed by atoms with Crippen molar-refractivity contribution in [1.29, 1.82) is 0 Å². The fourth-order valence-corrected chi connectivity index (χ4v) is 2.74. The van der Waals surface area contributed by atoms with Gasteiger partial charge in [-0.2, -0.15) is 0 Å². The van der Waals surface area contributed by atoms with E-state index in [-0.39, 0.29) is 12.5 Å². The van der Waals surface area contributed by atoms with E-state index in [2.05, 4.69) is 24.1 Å². The molecule has 0 aliphatic carbocycles. The van der Waals surface area contributed by atoms with Gasteiger partial charge in [0.2, 0.25) is 5.91 Å². The van der Waals surface area contributed by atoms with Crippen molar-refractivity contribution in [3.63, 3.8) is 0 Å². The predicted octanol–water partition coefficient (Wildman–Crippen LogP) is 2.02. The molecule has 24 heavy (non-hydrogen) atoms. The topological polar surface area (TPSA) is 84.0 Å². The van der Waals surface area contributed by atoms with Crippen molar-refractivity contribution < 1.29 is 4.79 Å². The lowest BCUT2D eigenvalue weighted by atomic mass is 9.99. The van der Waals surface area contributed by atoms with E-state index >= 15 is 0 Å². The smallest absolute Gasteiger partial charge is 0.329 e. The third-order valence-electron chi connectivity index (χ3n) is 4.32. The molecule has 2 N–H and O–H groups in total. The van der Waals surface area contributed by atoms with Gasteiger partial charge in [-0.25, -0.2) is 4.79 Å². The second-order valence-electron chi connectivity index (χ2n) is 6.09. The normalized spacial score (nSPS) is 12.2. The van der Waals surface area contributed by atoms with Crippen LogP contribution in [0.4, 0.5) is 0 Å². The number of nitrogens with zero attached hydrogens (tertiary/aromatic N) is 1. The number of hydrogen-bond donors (Lipinski definition) is 2. The molecule has 0 fully saturated rings. The van der Waals surface area contributed by atoms with Crippen LogP contribution >= 0.6 is 0 Å². The van der Waals surface area contributed by atoms with Crippen molar-refractivity contribution in [3.8, 4) is 0 Å². The number of aromatic nitrogens is 2. The average molecular weight is 331 g/mol. The molecule has 0 radical (unpaired) electrons. The summed E-state index contributed by atoms with van der Waals surface area (Å²) in [5, 5.41) is 3.24. The Hall–Kier alpha value is -2.37. The summed E-state index contributed by atoms with van der Waals surface area (Å²) in [5.74, 6) is 0.119.